The first-order valence-electron chi connectivity index (χ1n) is 7.74. The fourth-order valence-electron chi connectivity index (χ4n) is 5.49. The van der Waals surface area contributed by atoms with Crippen LogP contribution in [0, 0.1) is 5.92 Å². The Bertz CT molecular complexity index is 625. The zero-order valence-electron chi connectivity index (χ0n) is 11.8. The molecule has 4 aliphatic rings. The highest BCUT2D eigenvalue weighted by Crippen LogP contribution is 2.61. The van der Waals surface area contributed by atoms with E-state index in [1.165, 1.54) is 11.1 Å². The Kier molecular flexibility index (Phi) is 1.95. The minimum atomic E-state index is -0.200. The van der Waals surface area contributed by atoms with E-state index in [1.54, 1.807) is 0 Å². The predicted molar refractivity (Wildman–Crippen MR) is 75.0 cm³/mol. The maximum Gasteiger partial charge on any atom is 0.174 e. The molecule has 0 radical (unpaired) electrons. The fraction of sp³-hybridized carbons (Fsp3) is 0.588. The molecular formula is C17H19NO2. The summed E-state index contributed by atoms with van der Waals surface area (Å²) in [5.41, 5.74) is 2.82. The number of rotatable bonds is 0. The molecule has 1 aromatic carbocycles. The van der Waals surface area contributed by atoms with Crippen LogP contribution in [0.5, 0.6) is 5.75 Å². The first-order valence-corrected chi connectivity index (χ1v) is 7.74. The molecule has 0 amide bonds. The number of likely N-dealkylation sites (N-methyl/N-ethyl adjacent to an activating group) is 1. The monoisotopic (exact) mass is 269 g/mol. The smallest absolute Gasteiger partial charge is 0.174 e. The first kappa shape index (κ1) is 11.3. The average molecular weight is 269 g/mol. The molecule has 1 saturated heterocycles. The number of ketones is 1. The summed E-state index contributed by atoms with van der Waals surface area (Å²) in [5.74, 6) is 1.92. The summed E-state index contributed by atoms with van der Waals surface area (Å²) in [6.07, 6.45) is 3.74. The van der Waals surface area contributed by atoms with Gasteiger partial charge in [-0.1, -0.05) is 12.1 Å². The van der Waals surface area contributed by atoms with Gasteiger partial charge in [0.05, 0.1) is 0 Å². The van der Waals surface area contributed by atoms with Crippen LogP contribution in [0.25, 0.3) is 0 Å². The van der Waals surface area contributed by atoms with Crippen molar-refractivity contribution in [2.75, 3.05) is 13.6 Å². The molecular weight excluding hydrogens is 250 g/mol. The van der Waals surface area contributed by atoms with Crippen LogP contribution in [0.2, 0.25) is 0 Å². The normalized spacial score (nSPS) is 41.2. The van der Waals surface area contributed by atoms with E-state index in [9.17, 15) is 4.79 Å². The molecule has 20 heavy (non-hydrogen) atoms. The summed E-state index contributed by atoms with van der Waals surface area (Å²) in [6.45, 7) is 1.09. The molecule has 2 bridgehead atoms. The second-order valence-corrected chi connectivity index (χ2v) is 6.94. The maximum atomic E-state index is 12.5. The Labute approximate surface area is 118 Å². The number of Topliss-reactive ketones (excluding diaryl/α,β-unsaturated/α-hetero) is 1. The topological polar surface area (TPSA) is 29.5 Å². The SMILES string of the molecule is CN1CC[C@]23c4c5cccc4O[C@H]2C(=O)CC[C@H]3[C@H]1C5. The Morgan fingerprint density at radius 3 is 3.20 bits per heavy atom. The Balaban J connectivity index is 1.82. The highest BCUT2D eigenvalue weighted by molar-refractivity contribution is 5.88. The molecule has 2 aliphatic carbocycles. The van der Waals surface area contributed by atoms with Crippen LogP contribution in [0.3, 0.4) is 0 Å². The zero-order chi connectivity index (χ0) is 13.5. The molecule has 4 atom stereocenters. The van der Waals surface area contributed by atoms with Gasteiger partial charge in [-0.05, 0) is 50.4 Å². The number of piperidine rings is 1. The number of likely N-dealkylation sites (tertiary alicyclic amines) is 1. The molecule has 1 saturated carbocycles. The van der Waals surface area contributed by atoms with E-state index in [2.05, 4.69) is 30.1 Å². The summed E-state index contributed by atoms with van der Waals surface area (Å²) in [4.78, 5) is 15.0. The highest BCUT2D eigenvalue weighted by Gasteiger charge is 2.64. The van der Waals surface area contributed by atoms with E-state index in [4.69, 9.17) is 4.74 Å². The molecule has 1 aromatic rings. The molecule has 0 unspecified atom stereocenters. The number of carbonyl (C=O) groups is 1. The van der Waals surface area contributed by atoms with Crippen molar-refractivity contribution in [1.82, 2.24) is 4.90 Å². The first-order chi connectivity index (χ1) is 9.72. The van der Waals surface area contributed by atoms with E-state index in [0.29, 0.717) is 24.2 Å². The Morgan fingerprint density at radius 1 is 1.40 bits per heavy atom. The van der Waals surface area contributed by atoms with E-state index in [-0.39, 0.29) is 11.5 Å². The van der Waals surface area contributed by atoms with E-state index >= 15 is 0 Å². The molecule has 0 aromatic heterocycles. The molecule has 5 rings (SSSR count). The van der Waals surface area contributed by atoms with Gasteiger partial charge in [-0.2, -0.15) is 0 Å². The number of hydrogen-bond donors (Lipinski definition) is 0. The highest BCUT2D eigenvalue weighted by atomic mass is 16.5. The lowest BCUT2D eigenvalue weighted by Crippen LogP contribution is -2.65. The lowest BCUT2D eigenvalue weighted by molar-refractivity contribution is -0.138. The van der Waals surface area contributed by atoms with Gasteiger partial charge in [0.25, 0.3) is 0 Å². The van der Waals surface area contributed by atoms with Gasteiger partial charge in [-0.25, -0.2) is 0 Å². The third-order valence-corrected chi connectivity index (χ3v) is 6.28. The summed E-state index contributed by atoms with van der Waals surface area (Å²) < 4.78 is 6.16. The molecule has 3 nitrogen and oxygen atoms in total. The quantitative estimate of drug-likeness (QED) is 0.720. The van der Waals surface area contributed by atoms with Crippen molar-refractivity contribution in [3.63, 3.8) is 0 Å². The lowest BCUT2D eigenvalue weighted by Gasteiger charge is -2.57. The number of hydrogen-bond acceptors (Lipinski definition) is 3. The lowest BCUT2D eigenvalue weighted by atomic mass is 9.52. The van der Waals surface area contributed by atoms with Crippen LogP contribution in [0.15, 0.2) is 18.2 Å². The summed E-state index contributed by atoms with van der Waals surface area (Å²) in [6, 6.07) is 6.98. The second kappa shape index (κ2) is 3.45. The van der Waals surface area contributed by atoms with Gasteiger partial charge < -0.3 is 9.64 Å². The van der Waals surface area contributed by atoms with Crippen molar-refractivity contribution in [1.29, 1.82) is 0 Å². The van der Waals surface area contributed by atoms with Crippen molar-refractivity contribution < 1.29 is 9.53 Å². The summed E-state index contributed by atoms with van der Waals surface area (Å²) in [7, 11) is 2.24. The van der Waals surface area contributed by atoms with Gasteiger partial charge >= 0.3 is 0 Å². The van der Waals surface area contributed by atoms with Crippen LogP contribution >= 0.6 is 0 Å². The van der Waals surface area contributed by atoms with E-state index in [1.807, 2.05) is 0 Å². The van der Waals surface area contributed by atoms with Crippen LogP contribution in [-0.2, 0) is 16.6 Å². The molecule has 3 heteroatoms. The third-order valence-electron chi connectivity index (χ3n) is 6.28. The standard InChI is InChI=1S/C17H19NO2/c1-18-8-7-17-11-5-6-13(19)16(17)20-14-4-2-3-10(15(14)17)9-12(11)18/h2-4,11-12,16H,5-9H2,1H3/t11-,12+,16-,17-/m0/s1. The van der Waals surface area contributed by atoms with E-state index < -0.39 is 0 Å². The third kappa shape index (κ3) is 1.07. The molecule has 2 aliphatic heterocycles. The number of carbonyl (C=O) groups excluding carboxylic acids is 1. The molecule has 2 heterocycles. The Hall–Kier alpha value is -1.35. The van der Waals surface area contributed by atoms with Crippen LogP contribution in [-0.4, -0.2) is 36.4 Å². The minimum Gasteiger partial charge on any atom is -0.481 e. The predicted octanol–water partition coefficient (Wildman–Crippen LogP) is 1.92. The number of ether oxygens (including phenoxy) is 1. The number of nitrogens with zero attached hydrogens (tertiary/aromatic N) is 1. The van der Waals surface area contributed by atoms with Gasteiger partial charge in [0, 0.05) is 23.4 Å². The van der Waals surface area contributed by atoms with Crippen LogP contribution in [0.1, 0.15) is 30.4 Å². The second-order valence-electron chi connectivity index (χ2n) is 6.94. The van der Waals surface area contributed by atoms with Crippen molar-refractivity contribution >= 4 is 5.78 Å². The average Bonchev–Trinajstić information content (AvgIpc) is 2.79. The van der Waals surface area contributed by atoms with Crippen LogP contribution < -0.4 is 4.74 Å². The van der Waals surface area contributed by atoms with Crippen molar-refractivity contribution in [2.45, 2.75) is 43.2 Å². The van der Waals surface area contributed by atoms with Gasteiger partial charge in [0.1, 0.15) is 5.75 Å². The minimum absolute atomic E-state index is 0.00329. The van der Waals surface area contributed by atoms with E-state index in [0.717, 1.165) is 31.6 Å². The fourth-order valence-corrected chi connectivity index (χ4v) is 5.49. The van der Waals surface area contributed by atoms with Gasteiger partial charge in [-0.3, -0.25) is 4.79 Å². The van der Waals surface area contributed by atoms with Crippen molar-refractivity contribution in [3.8, 4) is 5.75 Å². The Morgan fingerprint density at radius 2 is 2.30 bits per heavy atom. The van der Waals surface area contributed by atoms with Crippen LogP contribution in [0.4, 0.5) is 0 Å². The molecule has 2 fully saturated rings. The van der Waals surface area contributed by atoms with Crippen molar-refractivity contribution in [2.24, 2.45) is 5.92 Å². The molecule has 104 valence electrons. The van der Waals surface area contributed by atoms with Gasteiger partial charge in [0.2, 0.25) is 0 Å². The molecule has 0 N–H and O–H groups in total. The largest absolute Gasteiger partial charge is 0.481 e. The van der Waals surface area contributed by atoms with Gasteiger partial charge in [0.15, 0.2) is 11.9 Å². The number of benzene rings is 1. The van der Waals surface area contributed by atoms with Gasteiger partial charge in [-0.15, -0.1) is 0 Å². The zero-order valence-corrected chi connectivity index (χ0v) is 11.8. The molecule has 1 spiro atoms. The maximum absolute atomic E-state index is 12.5. The summed E-state index contributed by atoms with van der Waals surface area (Å²) in [5, 5.41) is 0. The summed E-state index contributed by atoms with van der Waals surface area (Å²) >= 11 is 0. The van der Waals surface area contributed by atoms with Crippen molar-refractivity contribution in [3.05, 3.63) is 29.3 Å².